The zero-order valence-corrected chi connectivity index (χ0v) is 13.0. The molecule has 0 bridgehead atoms. The average molecular weight is 322 g/mol. The highest BCUT2D eigenvalue weighted by Crippen LogP contribution is 2.14. The molecule has 2 amide bonds. The van der Waals surface area contributed by atoms with Crippen molar-refractivity contribution in [3.8, 4) is 5.69 Å². The normalized spacial score (nSPS) is 10.3. The highest BCUT2D eigenvalue weighted by atomic mass is 35.5. The molecular weight excluding hydrogens is 306 g/mol. The summed E-state index contributed by atoms with van der Waals surface area (Å²) in [5.74, 6) is -0.701. The van der Waals surface area contributed by atoms with Gasteiger partial charge in [0, 0.05) is 11.6 Å². The van der Waals surface area contributed by atoms with Crippen LogP contribution in [0.2, 0.25) is 5.02 Å². The van der Waals surface area contributed by atoms with Crippen molar-refractivity contribution in [3.05, 3.63) is 40.7 Å². The first-order valence-corrected chi connectivity index (χ1v) is 7.14. The van der Waals surface area contributed by atoms with Gasteiger partial charge in [-0.1, -0.05) is 17.7 Å². The minimum absolute atomic E-state index is 0.101. The van der Waals surface area contributed by atoms with Crippen molar-refractivity contribution in [2.45, 2.75) is 13.8 Å². The Kier molecular flexibility index (Phi) is 5.11. The number of rotatable bonds is 5. The third-order valence-electron chi connectivity index (χ3n) is 2.82. The van der Waals surface area contributed by atoms with E-state index in [9.17, 15) is 9.59 Å². The Hall–Kier alpha value is -2.41. The van der Waals surface area contributed by atoms with Crippen molar-refractivity contribution >= 4 is 23.4 Å². The Morgan fingerprint density at radius 2 is 2.05 bits per heavy atom. The zero-order valence-electron chi connectivity index (χ0n) is 12.3. The molecule has 0 aliphatic rings. The molecule has 0 saturated heterocycles. The van der Waals surface area contributed by atoms with Crippen LogP contribution in [-0.2, 0) is 4.79 Å². The van der Waals surface area contributed by atoms with Crippen molar-refractivity contribution in [2.24, 2.45) is 0 Å². The topological polar surface area (TPSA) is 88.9 Å². The SMILES string of the molecule is CCNC(=O)CNC(=O)c1nn(-c2cccc(Cl)c2)nc1C. The summed E-state index contributed by atoms with van der Waals surface area (Å²) in [6.45, 7) is 3.89. The number of carbonyl (C=O) groups excluding carboxylic acids is 2. The molecule has 0 atom stereocenters. The van der Waals surface area contributed by atoms with Gasteiger partial charge in [0.05, 0.1) is 17.9 Å². The summed E-state index contributed by atoms with van der Waals surface area (Å²) in [6, 6.07) is 6.98. The maximum atomic E-state index is 12.1. The molecule has 0 radical (unpaired) electrons. The first kappa shape index (κ1) is 16.0. The molecule has 0 fully saturated rings. The number of nitrogens with zero attached hydrogens (tertiary/aromatic N) is 3. The number of hydrogen-bond acceptors (Lipinski definition) is 4. The summed E-state index contributed by atoms with van der Waals surface area (Å²) in [5, 5.41) is 14.0. The van der Waals surface area contributed by atoms with E-state index in [0.717, 1.165) is 0 Å². The van der Waals surface area contributed by atoms with Crippen LogP contribution in [0, 0.1) is 6.92 Å². The van der Waals surface area contributed by atoms with E-state index < -0.39 is 5.91 Å². The molecule has 8 heteroatoms. The predicted octanol–water partition coefficient (Wildman–Crippen LogP) is 1.10. The van der Waals surface area contributed by atoms with E-state index in [4.69, 9.17) is 11.6 Å². The van der Waals surface area contributed by atoms with E-state index in [-0.39, 0.29) is 18.1 Å². The Morgan fingerprint density at radius 1 is 1.27 bits per heavy atom. The number of aromatic nitrogens is 3. The molecule has 22 heavy (non-hydrogen) atoms. The van der Waals surface area contributed by atoms with Crippen LogP contribution in [-0.4, -0.2) is 39.9 Å². The Balaban J connectivity index is 2.12. The number of amides is 2. The summed E-state index contributed by atoms with van der Waals surface area (Å²) in [7, 11) is 0. The minimum Gasteiger partial charge on any atom is -0.355 e. The molecular formula is C14H16ClN5O2. The molecule has 0 spiro atoms. The quantitative estimate of drug-likeness (QED) is 0.863. The van der Waals surface area contributed by atoms with Gasteiger partial charge < -0.3 is 10.6 Å². The number of carbonyl (C=O) groups is 2. The highest BCUT2D eigenvalue weighted by Gasteiger charge is 2.17. The van der Waals surface area contributed by atoms with E-state index in [1.54, 1.807) is 38.1 Å². The fraction of sp³-hybridized carbons (Fsp3) is 0.286. The lowest BCUT2D eigenvalue weighted by molar-refractivity contribution is -0.120. The minimum atomic E-state index is -0.447. The first-order valence-electron chi connectivity index (χ1n) is 6.76. The Bertz CT molecular complexity index is 698. The van der Waals surface area contributed by atoms with Crippen molar-refractivity contribution in [3.63, 3.8) is 0 Å². The van der Waals surface area contributed by atoms with Gasteiger partial charge in [-0.15, -0.1) is 5.10 Å². The lowest BCUT2D eigenvalue weighted by atomic mass is 10.3. The lowest BCUT2D eigenvalue weighted by Gasteiger charge is -2.03. The zero-order chi connectivity index (χ0) is 16.1. The first-order chi connectivity index (χ1) is 10.5. The fourth-order valence-electron chi connectivity index (χ4n) is 1.81. The molecule has 0 aliphatic carbocycles. The number of halogens is 1. The molecule has 1 aromatic heterocycles. The van der Waals surface area contributed by atoms with Gasteiger partial charge in [0.2, 0.25) is 5.91 Å². The van der Waals surface area contributed by atoms with Crippen molar-refractivity contribution in [1.82, 2.24) is 25.6 Å². The van der Waals surface area contributed by atoms with Crippen LogP contribution in [0.1, 0.15) is 23.1 Å². The molecule has 1 aromatic carbocycles. The molecule has 116 valence electrons. The lowest BCUT2D eigenvalue weighted by Crippen LogP contribution is -2.37. The van der Waals surface area contributed by atoms with Crippen LogP contribution >= 0.6 is 11.6 Å². The van der Waals surface area contributed by atoms with Crippen LogP contribution in [0.3, 0.4) is 0 Å². The second-order valence-corrected chi connectivity index (χ2v) is 4.98. The summed E-state index contributed by atoms with van der Waals surface area (Å²) in [6.07, 6.45) is 0. The number of nitrogens with one attached hydrogen (secondary N) is 2. The second kappa shape index (κ2) is 7.04. The summed E-state index contributed by atoms with van der Waals surface area (Å²) < 4.78 is 0. The molecule has 0 unspecified atom stereocenters. The van der Waals surface area contributed by atoms with Crippen molar-refractivity contribution in [2.75, 3.05) is 13.1 Å². The van der Waals surface area contributed by atoms with E-state index in [2.05, 4.69) is 20.8 Å². The maximum absolute atomic E-state index is 12.1. The predicted molar refractivity (Wildman–Crippen MR) is 82.1 cm³/mol. The standard InChI is InChI=1S/C14H16ClN5O2/c1-3-16-12(21)8-17-14(22)13-9(2)18-20(19-13)11-6-4-5-10(15)7-11/h4-7H,3,8H2,1-2H3,(H,16,21)(H,17,22). The van der Waals surface area contributed by atoms with Gasteiger partial charge in [-0.25, -0.2) is 0 Å². The monoisotopic (exact) mass is 321 g/mol. The third-order valence-corrected chi connectivity index (χ3v) is 3.05. The molecule has 0 aliphatic heterocycles. The van der Waals surface area contributed by atoms with Gasteiger partial charge in [-0.2, -0.15) is 9.90 Å². The number of aryl methyl sites for hydroxylation is 1. The molecule has 1 heterocycles. The van der Waals surface area contributed by atoms with Crippen LogP contribution in [0.15, 0.2) is 24.3 Å². The van der Waals surface area contributed by atoms with Crippen LogP contribution in [0.4, 0.5) is 0 Å². The van der Waals surface area contributed by atoms with Gasteiger partial charge in [0.15, 0.2) is 5.69 Å². The van der Waals surface area contributed by atoms with Crippen LogP contribution in [0.25, 0.3) is 5.69 Å². The molecule has 2 rings (SSSR count). The van der Waals surface area contributed by atoms with Gasteiger partial charge in [-0.05, 0) is 32.0 Å². The average Bonchev–Trinajstić information content (AvgIpc) is 2.87. The molecule has 7 nitrogen and oxygen atoms in total. The molecule has 2 aromatic rings. The van der Waals surface area contributed by atoms with E-state index >= 15 is 0 Å². The van der Waals surface area contributed by atoms with E-state index in [1.165, 1.54) is 4.80 Å². The van der Waals surface area contributed by atoms with Crippen LogP contribution in [0.5, 0.6) is 0 Å². The van der Waals surface area contributed by atoms with Gasteiger partial charge in [-0.3, -0.25) is 9.59 Å². The van der Waals surface area contributed by atoms with E-state index in [0.29, 0.717) is 22.9 Å². The number of likely N-dealkylation sites (N-methyl/N-ethyl adjacent to an activating group) is 1. The Morgan fingerprint density at radius 3 is 2.73 bits per heavy atom. The summed E-state index contributed by atoms with van der Waals surface area (Å²) in [4.78, 5) is 24.7. The van der Waals surface area contributed by atoms with Gasteiger partial charge in [0.1, 0.15) is 0 Å². The summed E-state index contributed by atoms with van der Waals surface area (Å²) in [5.41, 5.74) is 1.29. The number of benzene rings is 1. The van der Waals surface area contributed by atoms with Crippen molar-refractivity contribution in [1.29, 1.82) is 0 Å². The smallest absolute Gasteiger partial charge is 0.274 e. The summed E-state index contributed by atoms with van der Waals surface area (Å²) >= 11 is 5.93. The second-order valence-electron chi connectivity index (χ2n) is 4.54. The maximum Gasteiger partial charge on any atom is 0.274 e. The Labute approximate surface area is 132 Å². The molecule has 0 saturated carbocycles. The largest absolute Gasteiger partial charge is 0.355 e. The molecule has 2 N–H and O–H groups in total. The van der Waals surface area contributed by atoms with Gasteiger partial charge in [0.25, 0.3) is 5.91 Å². The van der Waals surface area contributed by atoms with E-state index in [1.807, 2.05) is 0 Å². The van der Waals surface area contributed by atoms with Crippen molar-refractivity contribution < 1.29 is 9.59 Å². The highest BCUT2D eigenvalue weighted by molar-refractivity contribution is 6.30. The fourth-order valence-corrected chi connectivity index (χ4v) is 1.99. The van der Waals surface area contributed by atoms with Crippen LogP contribution < -0.4 is 10.6 Å². The third kappa shape index (κ3) is 3.82. The van der Waals surface area contributed by atoms with Gasteiger partial charge >= 0.3 is 0 Å². The number of hydrogen-bond donors (Lipinski definition) is 2.